The van der Waals surface area contributed by atoms with Gasteiger partial charge in [0.15, 0.2) is 0 Å². The lowest BCUT2D eigenvalue weighted by Crippen LogP contribution is -2.42. The van der Waals surface area contributed by atoms with E-state index in [2.05, 4.69) is 0 Å². The quantitative estimate of drug-likeness (QED) is 0.906. The summed E-state index contributed by atoms with van der Waals surface area (Å²) in [6.45, 7) is 1.21. The zero-order chi connectivity index (χ0) is 17.6. The van der Waals surface area contributed by atoms with Gasteiger partial charge in [0.05, 0.1) is 12.5 Å². The molecule has 0 spiro atoms. The number of nitrogens with zero attached hydrogens (tertiary/aromatic N) is 1. The number of amides is 1. The van der Waals surface area contributed by atoms with Gasteiger partial charge in [0, 0.05) is 25.9 Å². The normalized spacial score (nSPS) is 16.5. The SMILES string of the molecule is O=C(CC(O)c1cccc(F)c1)N1CCC(Oc2ccccc2)CC1. The van der Waals surface area contributed by atoms with Crippen molar-refractivity contribution in [2.75, 3.05) is 13.1 Å². The molecule has 1 aliphatic rings. The predicted octanol–water partition coefficient (Wildman–Crippen LogP) is 3.32. The maximum atomic E-state index is 13.2. The van der Waals surface area contributed by atoms with Crippen LogP contribution < -0.4 is 4.74 Å². The molecule has 1 aliphatic heterocycles. The lowest BCUT2D eigenvalue weighted by atomic mass is 10.0. The minimum absolute atomic E-state index is 0.0341. The van der Waals surface area contributed by atoms with Crippen LogP contribution in [0.3, 0.4) is 0 Å². The third-order valence-corrected chi connectivity index (χ3v) is 4.44. The van der Waals surface area contributed by atoms with E-state index in [0.29, 0.717) is 18.7 Å². The minimum Gasteiger partial charge on any atom is -0.490 e. The van der Waals surface area contributed by atoms with Crippen LogP contribution in [0.15, 0.2) is 54.6 Å². The van der Waals surface area contributed by atoms with Gasteiger partial charge in [0.25, 0.3) is 0 Å². The highest BCUT2D eigenvalue weighted by molar-refractivity contribution is 5.77. The number of hydrogen-bond acceptors (Lipinski definition) is 3. The first kappa shape index (κ1) is 17.4. The van der Waals surface area contributed by atoms with Crippen LogP contribution >= 0.6 is 0 Å². The Hall–Kier alpha value is -2.40. The third kappa shape index (κ3) is 4.79. The lowest BCUT2D eigenvalue weighted by Gasteiger charge is -2.32. The summed E-state index contributed by atoms with van der Waals surface area (Å²) < 4.78 is 19.1. The molecule has 5 heteroatoms. The highest BCUT2D eigenvalue weighted by Crippen LogP contribution is 2.22. The molecule has 1 saturated heterocycles. The summed E-state index contributed by atoms with van der Waals surface area (Å²) >= 11 is 0. The Kier molecular flexibility index (Phi) is 5.66. The monoisotopic (exact) mass is 343 g/mol. The highest BCUT2D eigenvalue weighted by atomic mass is 19.1. The molecule has 1 fully saturated rings. The first-order valence-corrected chi connectivity index (χ1v) is 8.55. The second-order valence-electron chi connectivity index (χ2n) is 6.29. The van der Waals surface area contributed by atoms with Gasteiger partial charge >= 0.3 is 0 Å². The summed E-state index contributed by atoms with van der Waals surface area (Å²) in [5.41, 5.74) is 0.427. The van der Waals surface area contributed by atoms with Crippen LogP contribution in [0.5, 0.6) is 5.75 Å². The third-order valence-electron chi connectivity index (χ3n) is 4.44. The molecule has 0 radical (unpaired) electrons. The molecule has 3 rings (SSSR count). The first-order chi connectivity index (χ1) is 12.1. The van der Waals surface area contributed by atoms with Gasteiger partial charge in [-0.05, 0) is 29.8 Å². The number of benzene rings is 2. The standard InChI is InChI=1S/C20H22FNO3/c21-16-6-4-5-15(13-16)19(23)14-20(24)22-11-9-18(10-12-22)25-17-7-2-1-3-8-17/h1-8,13,18-19,23H,9-12,14H2. The molecular formula is C20H22FNO3. The molecule has 1 amide bonds. The fourth-order valence-corrected chi connectivity index (χ4v) is 3.04. The van der Waals surface area contributed by atoms with Gasteiger partial charge in [-0.1, -0.05) is 30.3 Å². The minimum atomic E-state index is -0.985. The van der Waals surface area contributed by atoms with E-state index in [9.17, 15) is 14.3 Å². The van der Waals surface area contributed by atoms with Crippen LogP contribution in [0.25, 0.3) is 0 Å². The molecule has 2 aromatic carbocycles. The van der Waals surface area contributed by atoms with E-state index in [1.165, 1.54) is 18.2 Å². The van der Waals surface area contributed by atoms with Crippen molar-refractivity contribution >= 4 is 5.91 Å². The summed E-state index contributed by atoms with van der Waals surface area (Å²) in [7, 11) is 0. The number of carbonyl (C=O) groups excluding carboxylic acids is 1. The summed E-state index contributed by atoms with van der Waals surface area (Å²) in [5, 5.41) is 10.2. The van der Waals surface area contributed by atoms with Crippen molar-refractivity contribution in [2.45, 2.75) is 31.5 Å². The van der Waals surface area contributed by atoms with Crippen molar-refractivity contribution in [1.82, 2.24) is 4.90 Å². The van der Waals surface area contributed by atoms with Gasteiger partial charge in [0.1, 0.15) is 17.7 Å². The summed E-state index contributed by atoms with van der Waals surface area (Å²) in [6, 6.07) is 15.4. The van der Waals surface area contributed by atoms with Crippen molar-refractivity contribution in [3.8, 4) is 5.75 Å². The number of likely N-dealkylation sites (tertiary alicyclic amines) is 1. The van der Waals surface area contributed by atoms with Crippen LogP contribution in [-0.4, -0.2) is 35.1 Å². The molecule has 132 valence electrons. The van der Waals surface area contributed by atoms with Crippen LogP contribution in [-0.2, 0) is 4.79 Å². The van der Waals surface area contributed by atoms with Gasteiger partial charge in [-0.15, -0.1) is 0 Å². The van der Waals surface area contributed by atoms with Crippen molar-refractivity contribution in [2.24, 2.45) is 0 Å². The molecule has 1 heterocycles. The topological polar surface area (TPSA) is 49.8 Å². The second-order valence-corrected chi connectivity index (χ2v) is 6.29. The summed E-state index contributed by atoms with van der Waals surface area (Å²) in [6.07, 6.45) is 0.599. The Balaban J connectivity index is 1.48. The zero-order valence-electron chi connectivity index (χ0n) is 14.0. The van der Waals surface area contributed by atoms with Gasteiger partial charge < -0.3 is 14.7 Å². The molecule has 0 saturated carbocycles. The molecule has 2 aromatic rings. The molecule has 0 bridgehead atoms. The number of carbonyl (C=O) groups is 1. The molecule has 1 unspecified atom stereocenters. The largest absolute Gasteiger partial charge is 0.490 e. The fraction of sp³-hybridized carbons (Fsp3) is 0.350. The van der Waals surface area contributed by atoms with E-state index in [1.807, 2.05) is 30.3 Å². The highest BCUT2D eigenvalue weighted by Gasteiger charge is 2.25. The maximum absolute atomic E-state index is 13.2. The Bertz CT molecular complexity index is 699. The van der Waals surface area contributed by atoms with E-state index >= 15 is 0 Å². The number of hydrogen-bond donors (Lipinski definition) is 1. The predicted molar refractivity (Wildman–Crippen MR) is 92.6 cm³/mol. The molecule has 0 aliphatic carbocycles. The smallest absolute Gasteiger partial charge is 0.225 e. The molecule has 25 heavy (non-hydrogen) atoms. The van der Waals surface area contributed by atoms with Crippen molar-refractivity contribution in [3.63, 3.8) is 0 Å². The van der Waals surface area contributed by atoms with Crippen molar-refractivity contribution < 1.29 is 19.0 Å². The van der Waals surface area contributed by atoms with Gasteiger partial charge in [-0.3, -0.25) is 4.79 Å². The van der Waals surface area contributed by atoms with Gasteiger partial charge in [0.2, 0.25) is 5.91 Å². The molecular weight excluding hydrogens is 321 g/mol. The average Bonchev–Trinajstić information content (AvgIpc) is 2.63. The molecule has 0 aromatic heterocycles. The van der Waals surface area contributed by atoms with E-state index in [0.717, 1.165) is 18.6 Å². The first-order valence-electron chi connectivity index (χ1n) is 8.55. The summed E-state index contributed by atoms with van der Waals surface area (Å²) in [4.78, 5) is 14.1. The number of piperidine rings is 1. The second kappa shape index (κ2) is 8.12. The van der Waals surface area contributed by atoms with Crippen LogP contribution in [0.2, 0.25) is 0 Å². The molecule has 4 nitrogen and oxygen atoms in total. The Morgan fingerprint density at radius 3 is 2.56 bits per heavy atom. The average molecular weight is 343 g/mol. The van der Waals surface area contributed by atoms with E-state index in [4.69, 9.17) is 4.74 Å². The number of aliphatic hydroxyl groups is 1. The number of ether oxygens (including phenoxy) is 1. The molecule has 1 atom stereocenters. The van der Waals surface area contributed by atoms with Crippen LogP contribution in [0, 0.1) is 5.82 Å². The summed E-state index contributed by atoms with van der Waals surface area (Å²) in [5.74, 6) is 0.312. The molecule has 1 N–H and O–H groups in total. The maximum Gasteiger partial charge on any atom is 0.225 e. The van der Waals surface area contributed by atoms with E-state index in [1.54, 1.807) is 11.0 Å². The number of aliphatic hydroxyl groups excluding tert-OH is 1. The number of para-hydroxylation sites is 1. The van der Waals surface area contributed by atoms with Gasteiger partial charge in [-0.2, -0.15) is 0 Å². The lowest BCUT2D eigenvalue weighted by molar-refractivity contribution is -0.135. The van der Waals surface area contributed by atoms with Crippen molar-refractivity contribution in [3.05, 3.63) is 66.0 Å². The zero-order valence-corrected chi connectivity index (χ0v) is 14.0. The number of rotatable bonds is 5. The van der Waals surface area contributed by atoms with E-state index in [-0.39, 0.29) is 18.4 Å². The van der Waals surface area contributed by atoms with E-state index < -0.39 is 11.9 Å². The Morgan fingerprint density at radius 2 is 1.88 bits per heavy atom. The van der Waals surface area contributed by atoms with Crippen LogP contribution in [0.1, 0.15) is 30.9 Å². The Labute approximate surface area is 146 Å². The van der Waals surface area contributed by atoms with Gasteiger partial charge in [-0.25, -0.2) is 4.39 Å². The van der Waals surface area contributed by atoms with Crippen molar-refractivity contribution in [1.29, 1.82) is 0 Å². The fourth-order valence-electron chi connectivity index (χ4n) is 3.04. The number of halogens is 1. The van der Waals surface area contributed by atoms with Crippen LogP contribution in [0.4, 0.5) is 4.39 Å². The Morgan fingerprint density at radius 1 is 1.16 bits per heavy atom.